The van der Waals surface area contributed by atoms with E-state index in [2.05, 4.69) is 0 Å². The Labute approximate surface area is 108 Å². The Balaban J connectivity index is 2.26. The van der Waals surface area contributed by atoms with Gasteiger partial charge in [0.15, 0.2) is 5.78 Å². The highest BCUT2D eigenvalue weighted by Crippen LogP contribution is 2.31. The molecule has 0 fully saturated rings. The molecule has 1 aliphatic heterocycles. The maximum absolute atomic E-state index is 12.1. The second kappa shape index (κ2) is 4.73. The molecule has 0 saturated carbocycles. The number of benzene rings is 1. The molecule has 2 rings (SSSR count). The van der Waals surface area contributed by atoms with Gasteiger partial charge in [-0.15, -0.1) is 0 Å². The Morgan fingerprint density at radius 2 is 2.11 bits per heavy atom. The lowest BCUT2D eigenvalue weighted by Crippen LogP contribution is -2.27. The van der Waals surface area contributed by atoms with Crippen LogP contribution in [0.5, 0.6) is 5.75 Å². The summed E-state index contributed by atoms with van der Waals surface area (Å²) in [4.78, 5) is 12.1. The van der Waals surface area contributed by atoms with Crippen LogP contribution in [0.15, 0.2) is 18.2 Å². The molecule has 0 aromatic heterocycles. The number of hydrogen-bond acceptors (Lipinski definition) is 3. The monoisotopic (exact) mass is 248 g/mol. The molecule has 0 radical (unpaired) electrons. The smallest absolute Gasteiger partial charge is 0.171 e. The van der Waals surface area contributed by atoms with Crippen LogP contribution in [0.3, 0.4) is 0 Å². The van der Waals surface area contributed by atoms with E-state index in [1.54, 1.807) is 6.07 Å². The van der Waals surface area contributed by atoms with Gasteiger partial charge in [-0.2, -0.15) is 0 Å². The summed E-state index contributed by atoms with van der Waals surface area (Å²) >= 11 is 0. The average Bonchev–Trinajstić information content (AvgIpc) is 2.35. The van der Waals surface area contributed by atoms with Crippen molar-refractivity contribution >= 4 is 5.78 Å². The summed E-state index contributed by atoms with van der Waals surface area (Å²) in [6, 6.07) is 5.52. The molecular formula is C15H20O3. The number of ketones is 1. The van der Waals surface area contributed by atoms with Crippen molar-refractivity contribution in [3.63, 3.8) is 0 Å². The highest BCUT2D eigenvalue weighted by molar-refractivity contribution is 5.88. The number of aliphatic hydroxyl groups excluding tert-OH is 1. The molecule has 1 aromatic rings. The molecular weight excluding hydrogens is 228 g/mol. The largest absolute Gasteiger partial charge is 0.493 e. The lowest BCUT2D eigenvalue weighted by Gasteiger charge is -2.23. The molecule has 18 heavy (non-hydrogen) atoms. The van der Waals surface area contributed by atoms with Gasteiger partial charge >= 0.3 is 0 Å². The van der Waals surface area contributed by atoms with Gasteiger partial charge in [-0.1, -0.05) is 26.8 Å². The molecule has 1 unspecified atom stereocenters. The van der Waals surface area contributed by atoms with Crippen LogP contribution < -0.4 is 4.74 Å². The number of ether oxygens (including phenoxy) is 1. The Bertz CT molecular complexity index is 457. The van der Waals surface area contributed by atoms with E-state index in [-0.39, 0.29) is 5.78 Å². The number of aryl methyl sites for hydroxylation is 1. The van der Waals surface area contributed by atoms with E-state index in [1.807, 2.05) is 32.9 Å². The SMILES string of the molecule is CC(C)(C)C(=O)C(O)c1ccc2c(c1)CCCO2. The summed E-state index contributed by atoms with van der Waals surface area (Å²) in [5.41, 5.74) is 1.21. The highest BCUT2D eigenvalue weighted by Gasteiger charge is 2.29. The summed E-state index contributed by atoms with van der Waals surface area (Å²) in [5.74, 6) is 0.722. The third-order valence-electron chi connectivity index (χ3n) is 3.24. The summed E-state index contributed by atoms with van der Waals surface area (Å²) in [7, 11) is 0. The predicted molar refractivity (Wildman–Crippen MR) is 69.7 cm³/mol. The first-order valence-electron chi connectivity index (χ1n) is 6.37. The first kappa shape index (κ1) is 13.1. The number of carbonyl (C=O) groups excluding carboxylic acids is 1. The van der Waals surface area contributed by atoms with Crippen LogP contribution in [0.4, 0.5) is 0 Å². The molecule has 98 valence electrons. The van der Waals surface area contributed by atoms with Crippen molar-refractivity contribution in [2.24, 2.45) is 5.41 Å². The van der Waals surface area contributed by atoms with Gasteiger partial charge in [-0.05, 0) is 36.1 Å². The third-order valence-corrected chi connectivity index (χ3v) is 3.24. The molecule has 0 saturated heterocycles. The normalized spacial score (nSPS) is 16.7. The molecule has 1 atom stereocenters. The van der Waals surface area contributed by atoms with E-state index in [4.69, 9.17) is 4.74 Å². The van der Waals surface area contributed by atoms with E-state index in [0.29, 0.717) is 5.56 Å². The molecule has 1 N–H and O–H groups in total. The van der Waals surface area contributed by atoms with Crippen molar-refractivity contribution in [2.45, 2.75) is 39.7 Å². The lowest BCUT2D eigenvalue weighted by molar-refractivity contribution is -0.135. The summed E-state index contributed by atoms with van der Waals surface area (Å²) in [5, 5.41) is 10.1. The standard InChI is InChI=1S/C15H20O3/c1-15(2,3)14(17)13(16)11-6-7-12-10(9-11)5-4-8-18-12/h6-7,9,13,16H,4-5,8H2,1-3H3. The molecule has 0 spiro atoms. The van der Waals surface area contributed by atoms with Crippen molar-refractivity contribution in [2.75, 3.05) is 6.61 Å². The number of aliphatic hydroxyl groups is 1. The maximum Gasteiger partial charge on any atom is 0.171 e. The minimum atomic E-state index is -1.04. The summed E-state index contributed by atoms with van der Waals surface area (Å²) in [6.45, 7) is 6.20. The second-order valence-corrected chi connectivity index (χ2v) is 5.84. The van der Waals surface area contributed by atoms with E-state index in [0.717, 1.165) is 30.8 Å². The van der Waals surface area contributed by atoms with Gasteiger partial charge in [0.25, 0.3) is 0 Å². The van der Waals surface area contributed by atoms with Gasteiger partial charge in [0, 0.05) is 5.41 Å². The Hall–Kier alpha value is -1.35. The van der Waals surface area contributed by atoms with Gasteiger partial charge in [0.05, 0.1) is 6.61 Å². The summed E-state index contributed by atoms with van der Waals surface area (Å²) < 4.78 is 5.52. The van der Waals surface area contributed by atoms with E-state index in [1.165, 1.54) is 0 Å². The average molecular weight is 248 g/mol. The number of Topliss-reactive ketones (excluding diaryl/α,β-unsaturated/α-hetero) is 1. The van der Waals surface area contributed by atoms with Crippen molar-refractivity contribution in [3.05, 3.63) is 29.3 Å². The second-order valence-electron chi connectivity index (χ2n) is 5.84. The number of hydrogen-bond donors (Lipinski definition) is 1. The van der Waals surface area contributed by atoms with Gasteiger partial charge in [0.1, 0.15) is 11.9 Å². The van der Waals surface area contributed by atoms with Crippen molar-refractivity contribution in [3.8, 4) is 5.75 Å². The zero-order valence-corrected chi connectivity index (χ0v) is 11.2. The van der Waals surface area contributed by atoms with E-state index < -0.39 is 11.5 Å². The molecule has 1 aliphatic rings. The predicted octanol–water partition coefficient (Wildman–Crippen LogP) is 2.66. The van der Waals surface area contributed by atoms with E-state index in [9.17, 15) is 9.90 Å². The lowest BCUT2D eigenvalue weighted by atomic mass is 9.85. The van der Waals surface area contributed by atoms with Gasteiger partial charge in [0.2, 0.25) is 0 Å². The zero-order valence-electron chi connectivity index (χ0n) is 11.2. The first-order valence-corrected chi connectivity index (χ1v) is 6.37. The van der Waals surface area contributed by atoms with Crippen molar-refractivity contribution in [1.82, 2.24) is 0 Å². The molecule has 1 aromatic carbocycles. The summed E-state index contributed by atoms with van der Waals surface area (Å²) in [6.07, 6.45) is 0.886. The first-order chi connectivity index (χ1) is 8.39. The van der Waals surface area contributed by atoms with Crippen LogP contribution in [0.1, 0.15) is 44.4 Å². The number of rotatable bonds is 2. The van der Waals surface area contributed by atoms with Crippen LogP contribution in [-0.2, 0) is 11.2 Å². The highest BCUT2D eigenvalue weighted by atomic mass is 16.5. The van der Waals surface area contributed by atoms with Crippen LogP contribution in [-0.4, -0.2) is 17.5 Å². The van der Waals surface area contributed by atoms with Crippen molar-refractivity contribution in [1.29, 1.82) is 0 Å². The van der Waals surface area contributed by atoms with Crippen molar-refractivity contribution < 1.29 is 14.6 Å². The van der Waals surface area contributed by atoms with Crippen LogP contribution in [0.25, 0.3) is 0 Å². The zero-order chi connectivity index (χ0) is 13.3. The quantitative estimate of drug-likeness (QED) is 0.875. The number of carbonyl (C=O) groups is 1. The molecule has 1 heterocycles. The third kappa shape index (κ3) is 2.56. The minimum absolute atomic E-state index is 0.154. The molecule has 0 bridgehead atoms. The van der Waals surface area contributed by atoms with Gasteiger partial charge < -0.3 is 9.84 Å². The molecule has 3 nitrogen and oxygen atoms in total. The van der Waals surface area contributed by atoms with E-state index >= 15 is 0 Å². The molecule has 3 heteroatoms. The maximum atomic E-state index is 12.1. The minimum Gasteiger partial charge on any atom is -0.493 e. The number of fused-ring (bicyclic) bond motifs is 1. The Kier molecular flexibility index (Phi) is 3.44. The van der Waals surface area contributed by atoms with Gasteiger partial charge in [-0.25, -0.2) is 0 Å². The topological polar surface area (TPSA) is 46.5 Å². The van der Waals surface area contributed by atoms with Crippen LogP contribution in [0, 0.1) is 5.41 Å². The Morgan fingerprint density at radius 1 is 1.39 bits per heavy atom. The van der Waals surface area contributed by atoms with Crippen LogP contribution in [0.2, 0.25) is 0 Å². The van der Waals surface area contributed by atoms with Crippen LogP contribution >= 0.6 is 0 Å². The molecule has 0 aliphatic carbocycles. The fraction of sp³-hybridized carbons (Fsp3) is 0.533. The fourth-order valence-electron chi connectivity index (χ4n) is 2.11. The Morgan fingerprint density at radius 3 is 2.78 bits per heavy atom. The molecule has 0 amide bonds. The fourth-order valence-corrected chi connectivity index (χ4v) is 2.11. The van der Waals surface area contributed by atoms with Gasteiger partial charge in [-0.3, -0.25) is 4.79 Å².